The Hall–Kier alpha value is -2.64. The normalized spacial score (nSPS) is 14.7. The molecule has 1 aliphatic carbocycles. The first-order valence-electron chi connectivity index (χ1n) is 6.95. The van der Waals surface area contributed by atoms with Crippen molar-refractivity contribution in [2.24, 2.45) is 0 Å². The van der Waals surface area contributed by atoms with Crippen molar-refractivity contribution < 1.29 is 22.5 Å². The summed E-state index contributed by atoms with van der Waals surface area (Å²) in [5.41, 5.74) is 1.66. The minimum absolute atomic E-state index is 0.158. The number of benzene rings is 1. The molecule has 8 heteroatoms. The van der Waals surface area contributed by atoms with Crippen LogP contribution in [-0.2, 0) is 11.0 Å². The van der Waals surface area contributed by atoms with Crippen molar-refractivity contribution in [3.63, 3.8) is 0 Å². The number of hydrogen-bond donors (Lipinski definition) is 1. The minimum Gasteiger partial charge on any atom is -0.329 e. The molecule has 0 fully saturated rings. The number of allylic oxidation sites excluding steroid dienone is 1. The summed E-state index contributed by atoms with van der Waals surface area (Å²) in [6.07, 6.45) is -0.134. The van der Waals surface area contributed by atoms with Gasteiger partial charge in [-0.05, 0) is 43.5 Å². The van der Waals surface area contributed by atoms with E-state index in [0.717, 1.165) is 24.8 Å². The van der Waals surface area contributed by atoms with Gasteiger partial charge in [0.1, 0.15) is 0 Å². The van der Waals surface area contributed by atoms with E-state index in [-0.39, 0.29) is 11.7 Å². The van der Waals surface area contributed by atoms with Crippen molar-refractivity contribution in [1.82, 2.24) is 10.1 Å². The number of halogens is 3. The van der Waals surface area contributed by atoms with E-state index in [0.29, 0.717) is 11.3 Å². The van der Waals surface area contributed by atoms with Crippen molar-refractivity contribution in [3.05, 3.63) is 41.8 Å². The largest absolute Gasteiger partial charge is 0.471 e. The molecule has 0 atom stereocenters. The maximum absolute atomic E-state index is 12.4. The van der Waals surface area contributed by atoms with Gasteiger partial charge in [0, 0.05) is 16.8 Å². The molecule has 1 aromatic carbocycles. The first kappa shape index (κ1) is 15.3. The van der Waals surface area contributed by atoms with Gasteiger partial charge in [0.15, 0.2) is 0 Å². The van der Waals surface area contributed by atoms with Crippen LogP contribution in [0.3, 0.4) is 0 Å². The highest BCUT2D eigenvalue weighted by Crippen LogP contribution is 2.29. The molecule has 0 saturated carbocycles. The first-order chi connectivity index (χ1) is 10.9. The third kappa shape index (κ3) is 3.41. The zero-order valence-corrected chi connectivity index (χ0v) is 11.9. The summed E-state index contributed by atoms with van der Waals surface area (Å²) in [5.74, 6) is -1.71. The molecule has 0 radical (unpaired) electrons. The second kappa shape index (κ2) is 5.86. The molecule has 1 N–H and O–H groups in total. The first-order valence-corrected chi connectivity index (χ1v) is 6.95. The Kier molecular flexibility index (Phi) is 3.89. The fourth-order valence-corrected chi connectivity index (χ4v) is 2.25. The van der Waals surface area contributed by atoms with Crippen molar-refractivity contribution in [2.75, 3.05) is 5.32 Å². The van der Waals surface area contributed by atoms with Gasteiger partial charge in [-0.2, -0.15) is 18.2 Å². The molecule has 0 aliphatic heterocycles. The highest BCUT2D eigenvalue weighted by atomic mass is 19.4. The van der Waals surface area contributed by atoms with Crippen LogP contribution < -0.4 is 5.32 Å². The summed E-state index contributed by atoms with van der Waals surface area (Å²) >= 11 is 0. The van der Waals surface area contributed by atoms with Crippen LogP contribution >= 0.6 is 0 Å². The molecule has 0 unspecified atom stereocenters. The van der Waals surface area contributed by atoms with Crippen LogP contribution in [0.2, 0.25) is 0 Å². The number of alkyl halides is 3. The van der Waals surface area contributed by atoms with Gasteiger partial charge < -0.3 is 9.84 Å². The lowest BCUT2D eigenvalue weighted by molar-refractivity contribution is -0.159. The van der Waals surface area contributed by atoms with E-state index in [1.807, 2.05) is 6.08 Å². The fourth-order valence-electron chi connectivity index (χ4n) is 2.25. The van der Waals surface area contributed by atoms with Gasteiger partial charge in [0.05, 0.1) is 0 Å². The number of nitrogens with one attached hydrogen (secondary N) is 1. The Morgan fingerprint density at radius 2 is 1.96 bits per heavy atom. The summed E-state index contributed by atoms with van der Waals surface area (Å²) in [4.78, 5) is 15.2. The number of carbonyl (C=O) groups excluding carboxylic acids is 1. The Bertz CT molecular complexity index is 748. The van der Waals surface area contributed by atoms with Gasteiger partial charge in [-0.25, -0.2) is 0 Å². The Balaban J connectivity index is 1.72. The van der Waals surface area contributed by atoms with Gasteiger partial charge in [-0.3, -0.25) is 4.79 Å². The van der Waals surface area contributed by atoms with Gasteiger partial charge in [-0.1, -0.05) is 11.2 Å². The lowest BCUT2D eigenvalue weighted by Gasteiger charge is -2.06. The van der Waals surface area contributed by atoms with Gasteiger partial charge in [0.25, 0.3) is 5.91 Å². The molecule has 1 aromatic heterocycles. The minimum atomic E-state index is -4.67. The van der Waals surface area contributed by atoms with E-state index in [1.54, 1.807) is 12.1 Å². The predicted molar refractivity (Wildman–Crippen MR) is 75.3 cm³/mol. The highest BCUT2D eigenvalue weighted by Gasteiger charge is 2.38. The highest BCUT2D eigenvalue weighted by molar-refractivity contribution is 6.04. The van der Waals surface area contributed by atoms with E-state index in [9.17, 15) is 18.0 Å². The van der Waals surface area contributed by atoms with Crippen LogP contribution in [-0.4, -0.2) is 16.0 Å². The van der Waals surface area contributed by atoms with E-state index in [4.69, 9.17) is 0 Å². The van der Waals surface area contributed by atoms with Crippen LogP contribution in [0.15, 0.2) is 40.4 Å². The van der Waals surface area contributed by atoms with Gasteiger partial charge in [-0.15, -0.1) is 0 Å². The average molecular weight is 323 g/mol. The molecule has 120 valence electrons. The van der Waals surface area contributed by atoms with Crippen LogP contribution in [0.25, 0.3) is 11.4 Å². The standard InChI is InChI=1S/C15H12F3N3O2/c16-15(17,18)14-20-12(21-23-14)9-5-7-11(8-6-9)19-13(22)10-3-1-2-4-10/h3,5-8H,1-2,4H2,(H,19,22). The van der Waals surface area contributed by atoms with Gasteiger partial charge in [0.2, 0.25) is 5.82 Å². The number of nitrogens with zero attached hydrogens (tertiary/aromatic N) is 2. The fraction of sp³-hybridized carbons (Fsp3) is 0.267. The lowest BCUT2D eigenvalue weighted by Crippen LogP contribution is -2.13. The van der Waals surface area contributed by atoms with Gasteiger partial charge >= 0.3 is 12.1 Å². The van der Waals surface area contributed by atoms with E-state index >= 15 is 0 Å². The van der Waals surface area contributed by atoms with Crippen molar-refractivity contribution in [3.8, 4) is 11.4 Å². The molecular formula is C15H12F3N3O2. The maximum atomic E-state index is 12.4. The summed E-state index contributed by atoms with van der Waals surface area (Å²) in [5, 5.41) is 6.04. The van der Waals surface area contributed by atoms with Crippen molar-refractivity contribution in [1.29, 1.82) is 0 Å². The number of carbonyl (C=O) groups is 1. The van der Waals surface area contributed by atoms with Crippen LogP contribution in [0.4, 0.5) is 18.9 Å². The topological polar surface area (TPSA) is 68.0 Å². The number of aromatic nitrogens is 2. The molecule has 0 spiro atoms. The van der Waals surface area contributed by atoms with Crippen LogP contribution in [0.1, 0.15) is 25.2 Å². The van der Waals surface area contributed by atoms with E-state index in [2.05, 4.69) is 20.0 Å². The molecule has 1 aliphatic rings. The summed E-state index contributed by atoms with van der Waals surface area (Å²) in [7, 11) is 0. The average Bonchev–Trinajstić information content (AvgIpc) is 3.19. The number of hydrogen-bond acceptors (Lipinski definition) is 4. The van der Waals surface area contributed by atoms with Crippen molar-refractivity contribution >= 4 is 11.6 Å². The maximum Gasteiger partial charge on any atom is 0.471 e. The third-order valence-electron chi connectivity index (χ3n) is 3.40. The molecule has 1 heterocycles. The van der Waals surface area contributed by atoms with Crippen LogP contribution in [0, 0.1) is 0 Å². The Morgan fingerprint density at radius 3 is 2.52 bits per heavy atom. The molecule has 23 heavy (non-hydrogen) atoms. The Labute approximate surface area is 129 Å². The van der Waals surface area contributed by atoms with E-state index < -0.39 is 12.1 Å². The van der Waals surface area contributed by atoms with Crippen molar-refractivity contribution in [2.45, 2.75) is 25.4 Å². The number of rotatable bonds is 3. The number of amides is 1. The molecule has 2 aromatic rings. The zero-order chi connectivity index (χ0) is 16.4. The predicted octanol–water partition coefficient (Wildman–Crippen LogP) is 3.80. The number of anilines is 1. The summed E-state index contributed by atoms with van der Waals surface area (Å²) in [6.45, 7) is 0. The molecule has 5 nitrogen and oxygen atoms in total. The molecule has 1 amide bonds. The second-order valence-corrected chi connectivity index (χ2v) is 5.07. The second-order valence-electron chi connectivity index (χ2n) is 5.07. The summed E-state index contributed by atoms with van der Waals surface area (Å²) in [6, 6.07) is 6.19. The quantitative estimate of drug-likeness (QED) is 0.933. The molecular weight excluding hydrogens is 311 g/mol. The molecule has 0 bridgehead atoms. The summed E-state index contributed by atoms with van der Waals surface area (Å²) < 4.78 is 41.5. The zero-order valence-electron chi connectivity index (χ0n) is 11.9. The third-order valence-corrected chi connectivity index (χ3v) is 3.40. The molecule has 3 rings (SSSR count). The Morgan fingerprint density at radius 1 is 1.22 bits per heavy atom. The molecule has 0 saturated heterocycles. The van der Waals surface area contributed by atoms with E-state index in [1.165, 1.54) is 12.1 Å². The lowest BCUT2D eigenvalue weighted by atomic mass is 10.2. The smallest absolute Gasteiger partial charge is 0.329 e. The SMILES string of the molecule is O=C(Nc1ccc(-c2noc(C(F)(F)F)n2)cc1)C1=CCCC1. The monoisotopic (exact) mass is 323 g/mol. The van der Waals surface area contributed by atoms with Crippen LogP contribution in [0.5, 0.6) is 0 Å².